The molecule has 0 saturated carbocycles. The van der Waals surface area contributed by atoms with Crippen molar-refractivity contribution in [3.8, 4) is 22.6 Å². The van der Waals surface area contributed by atoms with Crippen LogP contribution in [0.4, 0.5) is 0 Å². The lowest BCUT2D eigenvalue weighted by Crippen LogP contribution is -1.96. The van der Waals surface area contributed by atoms with Gasteiger partial charge in [-0.05, 0) is 11.6 Å². The molecule has 2 aromatic carbocycles. The first kappa shape index (κ1) is 14.3. The Hall–Kier alpha value is -3.11. The first-order valence-corrected chi connectivity index (χ1v) is 8.25. The van der Waals surface area contributed by atoms with E-state index in [1.165, 1.54) is 0 Å². The van der Waals surface area contributed by atoms with Crippen LogP contribution in [0.3, 0.4) is 0 Å². The maximum absolute atomic E-state index is 6.46. The lowest BCUT2D eigenvalue weighted by Gasteiger charge is -2.05. The fraction of sp³-hybridized carbons (Fsp3) is 0. The Bertz CT molecular complexity index is 1210. The van der Waals surface area contributed by atoms with Crippen LogP contribution in [0.2, 0.25) is 5.15 Å². The lowest BCUT2D eigenvalue weighted by atomic mass is 10.1. The van der Waals surface area contributed by atoms with Gasteiger partial charge in [0, 0.05) is 16.3 Å². The molecule has 25 heavy (non-hydrogen) atoms. The van der Waals surface area contributed by atoms with Gasteiger partial charge in [-0.3, -0.25) is 0 Å². The molecule has 0 spiro atoms. The van der Waals surface area contributed by atoms with E-state index in [9.17, 15) is 0 Å². The summed E-state index contributed by atoms with van der Waals surface area (Å²) >= 11 is 6.46. The van der Waals surface area contributed by atoms with Crippen molar-refractivity contribution in [1.29, 1.82) is 0 Å². The Labute approximate surface area is 148 Å². The van der Waals surface area contributed by atoms with Crippen LogP contribution in [0.1, 0.15) is 0 Å². The number of nitrogens with zero attached hydrogens (tertiary/aromatic N) is 3. The molecule has 0 aliphatic heterocycles. The Morgan fingerprint density at radius 3 is 2.64 bits per heavy atom. The molecule has 3 heterocycles. The van der Waals surface area contributed by atoms with Crippen LogP contribution in [-0.4, -0.2) is 14.6 Å². The van der Waals surface area contributed by atoms with Crippen molar-refractivity contribution >= 4 is 28.0 Å². The van der Waals surface area contributed by atoms with Crippen molar-refractivity contribution < 1.29 is 4.42 Å². The van der Waals surface area contributed by atoms with Gasteiger partial charge in [-0.2, -0.15) is 5.10 Å². The number of aromatic nitrogens is 3. The molecule has 0 fully saturated rings. The molecule has 5 rings (SSSR count). The summed E-state index contributed by atoms with van der Waals surface area (Å²) in [5, 5.41) is 7.02. The maximum Gasteiger partial charge on any atom is 0.161 e. The van der Waals surface area contributed by atoms with Crippen molar-refractivity contribution in [2.75, 3.05) is 0 Å². The molecule has 0 bridgehead atoms. The van der Waals surface area contributed by atoms with E-state index in [2.05, 4.69) is 10.1 Å². The minimum Gasteiger partial charge on any atom is -0.461 e. The number of hydrogen-bond acceptors (Lipinski definition) is 3. The molecule has 0 saturated heterocycles. The number of rotatable bonds is 2. The average molecular weight is 346 g/mol. The summed E-state index contributed by atoms with van der Waals surface area (Å²) in [5.41, 5.74) is 3.36. The summed E-state index contributed by atoms with van der Waals surface area (Å²) in [7, 11) is 0. The van der Waals surface area contributed by atoms with E-state index in [0.717, 1.165) is 39.0 Å². The highest BCUT2D eigenvalue weighted by atomic mass is 35.5. The van der Waals surface area contributed by atoms with E-state index in [1.807, 2.05) is 60.7 Å². The number of benzene rings is 2. The van der Waals surface area contributed by atoms with Crippen LogP contribution in [0.25, 0.3) is 39.0 Å². The van der Waals surface area contributed by atoms with E-state index in [0.29, 0.717) is 5.15 Å². The molecule has 3 aromatic heterocycles. The number of hydrogen-bond donors (Lipinski definition) is 0. The average Bonchev–Trinajstić information content (AvgIpc) is 3.25. The molecule has 0 N–H and O–H groups in total. The van der Waals surface area contributed by atoms with Gasteiger partial charge < -0.3 is 4.42 Å². The third-order valence-corrected chi connectivity index (χ3v) is 4.55. The van der Waals surface area contributed by atoms with Gasteiger partial charge >= 0.3 is 0 Å². The number of furan rings is 1. The van der Waals surface area contributed by atoms with Crippen LogP contribution in [-0.2, 0) is 0 Å². The van der Waals surface area contributed by atoms with Crippen LogP contribution in [0.15, 0.2) is 77.5 Å². The molecule has 0 aliphatic carbocycles. The van der Waals surface area contributed by atoms with E-state index in [1.54, 1.807) is 17.0 Å². The fourth-order valence-electron chi connectivity index (χ4n) is 3.06. The zero-order valence-corrected chi connectivity index (χ0v) is 13.8. The van der Waals surface area contributed by atoms with Crippen molar-refractivity contribution in [2.24, 2.45) is 0 Å². The summed E-state index contributed by atoms with van der Waals surface area (Å²) in [4.78, 5) is 4.49. The Kier molecular flexibility index (Phi) is 3.11. The van der Waals surface area contributed by atoms with E-state index < -0.39 is 0 Å². The highest BCUT2D eigenvalue weighted by molar-refractivity contribution is 6.32. The summed E-state index contributed by atoms with van der Waals surface area (Å²) in [6.07, 6.45) is 3.50. The highest BCUT2D eigenvalue weighted by Crippen LogP contribution is 2.33. The third-order valence-electron chi connectivity index (χ3n) is 4.27. The van der Waals surface area contributed by atoms with Gasteiger partial charge in [0.15, 0.2) is 16.6 Å². The first-order valence-electron chi connectivity index (χ1n) is 7.87. The van der Waals surface area contributed by atoms with Gasteiger partial charge in [-0.25, -0.2) is 9.50 Å². The smallest absolute Gasteiger partial charge is 0.161 e. The topological polar surface area (TPSA) is 43.3 Å². The monoisotopic (exact) mass is 345 g/mol. The lowest BCUT2D eigenvalue weighted by molar-refractivity contribution is 0.582. The Morgan fingerprint density at radius 1 is 0.960 bits per heavy atom. The second-order valence-electron chi connectivity index (χ2n) is 5.78. The van der Waals surface area contributed by atoms with E-state index in [-0.39, 0.29) is 0 Å². The third kappa shape index (κ3) is 2.22. The molecule has 120 valence electrons. The summed E-state index contributed by atoms with van der Waals surface area (Å²) < 4.78 is 7.50. The molecule has 4 nitrogen and oxygen atoms in total. The van der Waals surface area contributed by atoms with Crippen LogP contribution >= 0.6 is 11.6 Å². The molecule has 0 radical (unpaired) electrons. The SMILES string of the molecule is Clc1nn2c(-c3occ4ccccc34)cnc2cc1-c1ccccc1. The second-order valence-corrected chi connectivity index (χ2v) is 6.14. The molecule has 5 heteroatoms. The summed E-state index contributed by atoms with van der Waals surface area (Å²) in [6, 6.07) is 19.9. The minimum atomic E-state index is 0.425. The van der Waals surface area contributed by atoms with Gasteiger partial charge in [0.1, 0.15) is 5.69 Å². The van der Waals surface area contributed by atoms with Crippen LogP contribution in [0, 0.1) is 0 Å². The molecule has 0 amide bonds. The van der Waals surface area contributed by atoms with E-state index in [4.69, 9.17) is 16.0 Å². The quantitative estimate of drug-likeness (QED) is 0.426. The van der Waals surface area contributed by atoms with E-state index >= 15 is 0 Å². The standard InChI is InChI=1S/C20H12ClN3O/c21-20-16(13-6-2-1-3-7-13)10-18-22-11-17(24(18)23-20)19-15-9-5-4-8-14(15)12-25-19/h1-12H. The zero-order chi connectivity index (χ0) is 16.8. The predicted molar refractivity (Wildman–Crippen MR) is 98.6 cm³/mol. The van der Waals surface area contributed by atoms with Crippen LogP contribution < -0.4 is 0 Å². The van der Waals surface area contributed by atoms with Crippen molar-refractivity contribution in [2.45, 2.75) is 0 Å². The second kappa shape index (κ2) is 5.46. The van der Waals surface area contributed by atoms with Crippen LogP contribution in [0.5, 0.6) is 0 Å². The highest BCUT2D eigenvalue weighted by Gasteiger charge is 2.16. The molecule has 0 aliphatic rings. The van der Waals surface area contributed by atoms with Gasteiger partial charge in [0.05, 0.1) is 12.5 Å². The summed E-state index contributed by atoms with van der Waals surface area (Å²) in [5.74, 6) is 0.735. The Balaban J connectivity index is 1.73. The molecule has 0 unspecified atom stereocenters. The van der Waals surface area contributed by atoms with Gasteiger partial charge in [0.25, 0.3) is 0 Å². The summed E-state index contributed by atoms with van der Waals surface area (Å²) in [6.45, 7) is 0. The zero-order valence-electron chi connectivity index (χ0n) is 13.1. The number of fused-ring (bicyclic) bond motifs is 2. The Morgan fingerprint density at radius 2 is 1.76 bits per heavy atom. The maximum atomic E-state index is 6.46. The molecule has 5 aromatic rings. The molecular weight excluding hydrogens is 334 g/mol. The molecular formula is C20H12ClN3O. The first-order chi connectivity index (χ1) is 12.3. The van der Waals surface area contributed by atoms with Crippen molar-refractivity contribution in [1.82, 2.24) is 14.6 Å². The minimum absolute atomic E-state index is 0.425. The van der Waals surface area contributed by atoms with Gasteiger partial charge in [0.2, 0.25) is 0 Å². The normalized spacial score (nSPS) is 11.4. The van der Waals surface area contributed by atoms with Gasteiger partial charge in [-0.15, -0.1) is 0 Å². The number of imidazole rings is 1. The van der Waals surface area contributed by atoms with Crippen molar-refractivity contribution in [3.63, 3.8) is 0 Å². The fourth-order valence-corrected chi connectivity index (χ4v) is 3.30. The van der Waals surface area contributed by atoms with Crippen molar-refractivity contribution in [3.05, 3.63) is 78.3 Å². The number of halogens is 1. The van der Waals surface area contributed by atoms with Gasteiger partial charge in [-0.1, -0.05) is 66.2 Å². The molecule has 0 atom stereocenters. The predicted octanol–water partition coefficient (Wildman–Crippen LogP) is 5.46. The largest absolute Gasteiger partial charge is 0.461 e.